The molecule has 7 heteroatoms. The van der Waals surface area contributed by atoms with E-state index in [0.29, 0.717) is 23.5 Å². The van der Waals surface area contributed by atoms with Crippen LogP contribution < -0.4 is 5.56 Å². The molecule has 0 bridgehead atoms. The number of fused-ring (bicyclic) bond motifs is 1. The molecule has 136 valence electrons. The summed E-state index contributed by atoms with van der Waals surface area (Å²) in [4.78, 5) is 29.4. The van der Waals surface area contributed by atoms with Crippen molar-refractivity contribution in [1.29, 1.82) is 0 Å². The highest BCUT2D eigenvalue weighted by molar-refractivity contribution is 5.80. The molecule has 0 radical (unpaired) electrons. The van der Waals surface area contributed by atoms with Crippen molar-refractivity contribution >= 4 is 11.6 Å². The van der Waals surface area contributed by atoms with Crippen molar-refractivity contribution in [2.45, 2.75) is 26.9 Å². The van der Waals surface area contributed by atoms with Gasteiger partial charge in [0.1, 0.15) is 0 Å². The summed E-state index contributed by atoms with van der Waals surface area (Å²) in [6, 6.07) is 9.69. The van der Waals surface area contributed by atoms with Crippen LogP contribution in [0.5, 0.6) is 0 Å². The normalized spacial score (nSPS) is 11.0. The standard InChI is InChI=1S/C19H21N3O4/c1-4-26-16(23)10-14-12(2)20-18-17(13-8-6-5-7-9-13)15(11-25-3)21-22(18)19(14)24/h5-9,21H,4,10-11H2,1-3H3. The smallest absolute Gasteiger partial charge is 0.310 e. The number of methoxy groups -OCH3 is 1. The Morgan fingerprint density at radius 1 is 1.27 bits per heavy atom. The molecule has 3 aromatic rings. The third-order valence-electron chi connectivity index (χ3n) is 4.13. The molecule has 26 heavy (non-hydrogen) atoms. The van der Waals surface area contributed by atoms with E-state index in [1.54, 1.807) is 21.0 Å². The fraction of sp³-hybridized carbons (Fsp3) is 0.316. The van der Waals surface area contributed by atoms with Crippen molar-refractivity contribution in [3.05, 3.63) is 57.6 Å². The van der Waals surface area contributed by atoms with Gasteiger partial charge in [0.05, 0.1) is 30.9 Å². The van der Waals surface area contributed by atoms with Crippen molar-refractivity contribution in [2.75, 3.05) is 13.7 Å². The summed E-state index contributed by atoms with van der Waals surface area (Å²) in [5.41, 5.74) is 3.54. The maximum atomic E-state index is 12.9. The largest absolute Gasteiger partial charge is 0.466 e. The maximum absolute atomic E-state index is 12.9. The zero-order valence-electron chi connectivity index (χ0n) is 15.0. The molecule has 0 unspecified atom stereocenters. The number of ether oxygens (including phenoxy) is 2. The first kappa shape index (κ1) is 17.9. The van der Waals surface area contributed by atoms with Crippen LogP contribution in [0, 0.1) is 6.92 Å². The van der Waals surface area contributed by atoms with Crippen molar-refractivity contribution in [2.24, 2.45) is 0 Å². The molecule has 0 aliphatic heterocycles. The summed E-state index contributed by atoms with van der Waals surface area (Å²) in [6.45, 7) is 4.04. The van der Waals surface area contributed by atoms with Crippen LogP contribution in [0.1, 0.15) is 23.9 Å². The first-order chi connectivity index (χ1) is 12.6. The lowest BCUT2D eigenvalue weighted by atomic mass is 10.1. The number of rotatable bonds is 6. The summed E-state index contributed by atoms with van der Waals surface area (Å²) < 4.78 is 11.6. The lowest BCUT2D eigenvalue weighted by Gasteiger charge is -2.06. The van der Waals surface area contributed by atoms with Gasteiger partial charge < -0.3 is 9.47 Å². The summed E-state index contributed by atoms with van der Waals surface area (Å²) in [5.74, 6) is -0.443. The van der Waals surface area contributed by atoms with Crippen LogP contribution in [0.15, 0.2) is 35.1 Å². The van der Waals surface area contributed by atoms with Gasteiger partial charge in [-0.15, -0.1) is 0 Å². The zero-order valence-corrected chi connectivity index (χ0v) is 15.0. The van der Waals surface area contributed by atoms with E-state index in [0.717, 1.165) is 16.8 Å². The Bertz CT molecular complexity index is 989. The van der Waals surface area contributed by atoms with Gasteiger partial charge in [-0.25, -0.2) is 9.50 Å². The van der Waals surface area contributed by atoms with Crippen LogP contribution in [-0.4, -0.2) is 34.3 Å². The number of nitrogens with zero attached hydrogens (tertiary/aromatic N) is 2. The van der Waals surface area contributed by atoms with E-state index in [1.165, 1.54) is 4.52 Å². The SMILES string of the molecule is CCOC(=O)Cc1c(C)nc2c(-c3ccccc3)c(COC)[nH]n2c1=O. The zero-order chi connectivity index (χ0) is 18.7. The molecule has 1 N–H and O–H groups in total. The first-order valence-corrected chi connectivity index (χ1v) is 8.39. The molecule has 0 atom stereocenters. The molecule has 7 nitrogen and oxygen atoms in total. The van der Waals surface area contributed by atoms with E-state index in [4.69, 9.17) is 9.47 Å². The number of carbonyl (C=O) groups excluding carboxylic acids is 1. The van der Waals surface area contributed by atoms with Crippen molar-refractivity contribution in [3.8, 4) is 11.1 Å². The number of hydrogen-bond acceptors (Lipinski definition) is 5. The molecule has 0 aliphatic rings. The molecular weight excluding hydrogens is 334 g/mol. The minimum absolute atomic E-state index is 0.103. The number of carbonyl (C=O) groups is 1. The van der Waals surface area contributed by atoms with E-state index in [-0.39, 0.29) is 18.6 Å². The average Bonchev–Trinajstić information content (AvgIpc) is 2.98. The van der Waals surface area contributed by atoms with E-state index in [9.17, 15) is 9.59 Å². The van der Waals surface area contributed by atoms with E-state index >= 15 is 0 Å². The molecule has 1 aromatic carbocycles. The number of aromatic nitrogens is 3. The Balaban J connectivity index is 2.21. The highest BCUT2D eigenvalue weighted by atomic mass is 16.5. The van der Waals surface area contributed by atoms with Crippen molar-refractivity contribution in [1.82, 2.24) is 14.6 Å². The number of esters is 1. The van der Waals surface area contributed by atoms with E-state index < -0.39 is 5.97 Å². The molecule has 0 amide bonds. The Morgan fingerprint density at radius 2 is 2.00 bits per heavy atom. The lowest BCUT2D eigenvalue weighted by molar-refractivity contribution is -0.142. The van der Waals surface area contributed by atoms with Crippen LogP contribution in [0.2, 0.25) is 0 Å². The van der Waals surface area contributed by atoms with Crippen LogP contribution >= 0.6 is 0 Å². The van der Waals surface area contributed by atoms with Crippen molar-refractivity contribution in [3.63, 3.8) is 0 Å². The number of hydrogen-bond donors (Lipinski definition) is 1. The van der Waals surface area contributed by atoms with Gasteiger partial charge in [-0.2, -0.15) is 0 Å². The second kappa shape index (κ2) is 7.53. The van der Waals surface area contributed by atoms with Gasteiger partial charge in [0.25, 0.3) is 5.56 Å². The van der Waals surface area contributed by atoms with Crippen LogP contribution in [0.3, 0.4) is 0 Å². The molecule has 2 heterocycles. The number of aromatic amines is 1. The predicted molar refractivity (Wildman–Crippen MR) is 97.0 cm³/mol. The topological polar surface area (TPSA) is 85.7 Å². The van der Waals surface area contributed by atoms with Gasteiger partial charge in [0.2, 0.25) is 0 Å². The Morgan fingerprint density at radius 3 is 2.65 bits per heavy atom. The summed E-state index contributed by atoms with van der Waals surface area (Å²) in [7, 11) is 1.59. The van der Waals surface area contributed by atoms with Gasteiger partial charge in [0, 0.05) is 18.4 Å². The van der Waals surface area contributed by atoms with E-state index in [1.807, 2.05) is 30.3 Å². The summed E-state index contributed by atoms with van der Waals surface area (Å²) in [5, 5.41) is 3.07. The quantitative estimate of drug-likeness (QED) is 0.686. The second-order valence-corrected chi connectivity index (χ2v) is 5.89. The Hall–Kier alpha value is -2.93. The Kier molecular flexibility index (Phi) is 5.18. The number of aryl methyl sites for hydroxylation is 1. The molecule has 0 saturated heterocycles. The van der Waals surface area contributed by atoms with Crippen LogP contribution in [0.4, 0.5) is 0 Å². The number of H-pyrrole nitrogens is 1. The van der Waals surface area contributed by atoms with Gasteiger partial charge >= 0.3 is 5.97 Å². The van der Waals surface area contributed by atoms with Crippen LogP contribution in [-0.2, 0) is 27.3 Å². The second-order valence-electron chi connectivity index (χ2n) is 5.89. The molecule has 0 fully saturated rings. The monoisotopic (exact) mass is 355 g/mol. The number of nitrogens with one attached hydrogen (secondary N) is 1. The average molecular weight is 355 g/mol. The van der Waals surface area contributed by atoms with Gasteiger partial charge in [-0.05, 0) is 19.4 Å². The molecule has 0 saturated carbocycles. The highest BCUT2D eigenvalue weighted by Crippen LogP contribution is 2.27. The minimum Gasteiger partial charge on any atom is -0.466 e. The highest BCUT2D eigenvalue weighted by Gasteiger charge is 2.20. The minimum atomic E-state index is -0.443. The lowest BCUT2D eigenvalue weighted by Crippen LogP contribution is -2.25. The third-order valence-corrected chi connectivity index (χ3v) is 4.13. The van der Waals surface area contributed by atoms with Crippen LogP contribution in [0.25, 0.3) is 16.8 Å². The van der Waals surface area contributed by atoms with E-state index in [2.05, 4.69) is 10.1 Å². The molecule has 3 rings (SSSR count). The number of benzene rings is 1. The van der Waals surface area contributed by atoms with Gasteiger partial charge in [-0.1, -0.05) is 30.3 Å². The molecule has 0 spiro atoms. The molecule has 0 aliphatic carbocycles. The predicted octanol–water partition coefficient (Wildman–Crippen LogP) is 2.25. The Labute approximate surface area is 150 Å². The fourth-order valence-electron chi connectivity index (χ4n) is 2.98. The third kappa shape index (κ3) is 3.25. The summed E-state index contributed by atoms with van der Waals surface area (Å²) >= 11 is 0. The molecule has 2 aromatic heterocycles. The summed E-state index contributed by atoms with van der Waals surface area (Å²) in [6.07, 6.45) is -0.103. The van der Waals surface area contributed by atoms with Gasteiger partial charge in [-0.3, -0.25) is 14.7 Å². The fourth-order valence-corrected chi connectivity index (χ4v) is 2.98. The maximum Gasteiger partial charge on any atom is 0.310 e. The first-order valence-electron chi connectivity index (χ1n) is 8.39. The van der Waals surface area contributed by atoms with Crippen molar-refractivity contribution < 1.29 is 14.3 Å². The van der Waals surface area contributed by atoms with Gasteiger partial charge in [0.15, 0.2) is 5.65 Å². The molecular formula is C19H21N3O4.